The SMILES string of the molecule is CC(O)C(N)=O.COC(=O)C(C)O. The quantitative estimate of drug-likeness (QED) is 0.457. The maximum Gasteiger partial charge on any atom is 0.334 e. The Labute approximate surface area is 76.3 Å². The van der Waals surface area contributed by atoms with E-state index < -0.39 is 24.1 Å². The van der Waals surface area contributed by atoms with Gasteiger partial charge in [-0.05, 0) is 13.8 Å². The van der Waals surface area contributed by atoms with Crippen molar-refractivity contribution in [3.63, 3.8) is 0 Å². The predicted molar refractivity (Wildman–Crippen MR) is 44.6 cm³/mol. The molecule has 0 bridgehead atoms. The predicted octanol–water partition coefficient (Wildman–Crippen LogP) is -1.61. The van der Waals surface area contributed by atoms with Crippen LogP contribution in [0.25, 0.3) is 0 Å². The van der Waals surface area contributed by atoms with E-state index in [1.807, 2.05) is 0 Å². The van der Waals surface area contributed by atoms with Crippen molar-refractivity contribution >= 4 is 11.9 Å². The Morgan fingerprint density at radius 1 is 1.23 bits per heavy atom. The standard InChI is InChI=1S/C4H8O3.C3H7NO2/c1-3(5)4(6)7-2;1-2(5)3(4)6/h3,5H,1-2H3;2,5H,1H3,(H2,4,6). The van der Waals surface area contributed by atoms with E-state index in [4.69, 9.17) is 10.2 Å². The average Bonchev–Trinajstić information content (AvgIpc) is 2.03. The fourth-order valence-electron chi connectivity index (χ4n) is 0.171. The van der Waals surface area contributed by atoms with E-state index in [9.17, 15) is 9.59 Å². The molecule has 4 N–H and O–H groups in total. The Morgan fingerprint density at radius 3 is 1.54 bits per heavy atom. The minimum absolute atomic E-state index is 0.597. The monoisotopic (exact) mass is 193 g/mol. The fraction of sp³-hybridized carbons (Fsp3) is 0.714. The lowest BCUT2D eigenvalue weighted by atomic mass is 10.4. The molecule has 0 aromatic carbocycles. The maximum absolute atomic E-state index is 10.0. The van der Waals surface area contributed by atoms with Gasteiger partial charge in [0.1, 0.15) is 12.2 Å². The molecule has 78 valence electrons. The molecule has 0 rings (SSSR count). The molecule has 0 radical (unpaired) electrons. The molecule has 0 aliphatic heterocycles. The highest BCUT2D eigenvalue weighted by molar-refractivity contribution is 5.77. The van der Waals surface area contributed by atoms with Crippen LogP contribution in [0.15, 0.2) is 0 Å². The molecule has 0 aliphatic carbocycles. The second-order valence-corrected chi connectivity index (χ2v) is 2.28. The number of nitrogens with two attached hydrogens (primary N) is 1. The van der Waals surface area contributed by atoms with Gasteiger partial charge < -0.3 is 20.7 Å². The van der Waals surface area contributed by atoms with E-state index in [0.29, 0.717) is 0 Å². The van der Waals surface area contributed by atoms with Crippen molar-refractivity contribution in [1.29, 1.82) is 0 Å². The van der Waals surface area contributed by atoms with Crippen molar-refractivity contribution < 1.29 is 24.5 Å². The number of amides is 1. The third-order valence-electron chi connectivity index (χ3n) is 0.954. The van der Waals surface area contributed by atoms with Crippen LogP contribution in [0.3, 0.4) is 0 Å². The Balaban J connectivity index is 0. The Morgan fingerprint density at radius 2 is 1.54 bits per heavy atom. The number of hydrogen-bond acceptors (Lipinski definition) is 5. The molecule has 1 amide bonds. The lowest BCUT2D eigenvalue weighted by Crippen LogP contribution is -2.24. The first-order valence-electron chi connectivity index (χ1n) is 3.56. The molecule has 0 aromatic heterocycles. The molecule has 0 spiro atoms. The second kappa shape index (κ2) is 7.51. The molecular formula is C7H15NO5. The number of rotatable bonds is 2. The summed E-state index contributed by atoms with van der Waals surface area (Å²) in [5.74, 6) is -1.28. The molecule has 6 heteroatoms. The molecular weight excluding hydrogens is 178 g/mol. The zero-order chi connectivity index (χ0) is 11.0. The van der Waals surface area contributed by atoms with Crippen LogP contribution in [0.4, 0.5) is 0 Å². The van der Waals surface area contributed by atoms with E-state index in [0.717, 1.165) is 0 Å². The molecule has 0 aliphatic rings. The van der Waals surface area contributed by atoms with E-state index in [2.05, 4.69) is 10.5 Å². The smallest absolute Gasteiger partial charge is 0.334 e. The van der Waals surface area contributed by atoms with E-state index in [1.165, 1.54) is 21.0 Å². The number of methoxy groups -OCH3 is 1. The third kappa shape index (κ3) is 10.9. The summed E-state index contributed by atoms with van der Waals surface area (Å²) in [6, 6.07) is 0. The van der Waals surface area contributed by atoms with Gasteiger partial charge in [-0.15, -0.1) is 0 Å². The molecule has 2 atom stereocenters. The molecule has 0 aromatic rings. The number of hydrogen-bond donors (Lipinski definition) is 3. The van der Waals surface area contributed by atoms with Gasteiger partial charge in [-0.25, -0.2) is 4.79 Å². The third-order valence-corrected chi connectivity index (χ3v) is 0.954. The number of carbonyl (C=O) groups excluding carboxylic acids is 2. The molecule has 0 saturated carbocycles. The molecule has 2 unspecified atom stereocenters. The van der Waals surface area contributed by atoms with Crippen LogP contribution in [-0.4, -0.2) is 41.4 Å². The van der Waals surface area contributed by atoms with Crippen LogP contribution >= 0.6 is 0 Å². The maximum atomic E-state index is 10.0. The highest BCUT2D eigenvalue weighted by Crippen LogP contribution is 1.80. The molecule has 0 fully saturated rings. The summed E-state index contributed by atoms with van der Waals surface area (Å²) in [5.41, 5.74) is 4.55. The van der Waals surface area contributed by atoms with Crippen LogP contribution in [0.5, 0.6) is 0 Å². The van der Waals surface area contributed by atoms with Gasteiger partial charge in [0.2, 0.25) is 5.91 Å². The Bertz CT molecular complexity index is 166. The number of ether oxygens (including phenoxy) is 1. The summed E-state index contributed by atoms with van der Waals surface area (Å²) in [6.07, 6.45) is -2.00. The minimum atomic E-state index is -1.01. The number of aliphatic hydroxyl groups excluding tert-OH is 2. The first-order valence-corrected chi connectivity index (χ1v) is 3.56. The van der Waals surface area contributed by atoms with Gasteiger partial charge in [-0.1, -0.05) is 0 Å². The van der Waals surface area contributed by atoms with Crippen molar-refractivity contribution in [2.24, 2.45) is 5.73 Å². The first-order chi connectivity index (χ1) is 5.82. The van der Waals surface area contributed by atoms with Crippen molar-refractivity contribution in [3.05, 3.63) is 0 Å². The second-order valence-electron chi connectivity index (χ2n) is 2.28. The number of aliphatic hydroxyl groups is 2. The normalized spacial score (nSPS) is 13.3. The largest absolute Gasteiger partial charge is 0.467 e. The highest BCUT2D eigenvalue weighted by Gasteiger charge is 2.05. The van der Waals surface area contributed by atoms with Crippen molar-refractivity contribution in [2.75, 3.05) is 7.11 Å². The lowest BCUT2D eigenvalue weighted by Gasteiger charge is -1.97. The summed E-state index contributed by atoms with van der Waals surface area (Å²) in [7, 11) is 1.23. The molecule has 13 heavy (non-hydrogen) atoms. The van der Waals surface area contributed by atoms with Gasteiger partial charge in [0.05, 0.1) is 7.11 Å². The van der Waals surface area contributed by atoms with Crippen LogP contribution < -0.4 is 5.73 Å². The minimum Gasteiger partial charge on any atom is -0.467 e. The topological polar surface area (TPSA) is 110 Å². The zero-order valence-corrected chi connectivity index (χ0v) is 7.85. The van der Waals surface area contributed by atoms with E-state index >= 15 is 0 Å². The summed E-state index contributed by atoms with van der Waals surface area (Å²) in [4.78, 5) is 19.7. The van der Waals surface area contributed by atoms with Crippen molar-refractivity contribution in [2.45, 2.75) is 26.1 Å². The Kier molecular flexibility index (Phi) is 8.31. The van der Waals surface area contributed by atoms with Gasteiger partial charge in [0.15, 0.2) is 0 Å². The number of esters is 1. The van der Waals surface area contributed by atoms with Crippen LogP contribution in [-0.2, 0) is 14.3 Å². The molecule has 0 heterocycles. The summed E-state index contributed by atoms with van der Waals surface area (Å²) < 4.78 is 4.12. The van der Waals surface area contributed by atoms with Gasteiger partial charge in [0.25, 0.3) is 0 Å². The lowest BCUT2D eigenvalue weighted by molar-refractivity contribution is -0.149. The number of primary amides is 1. The van der Waals surface area contributed by atoms with Crippen LogP contribution in [0.1, 0.15) is 13.8 Å². The van der Waals surface area contributed by atoms with Crippen molar-refractivity contribution in [1.82, 2.24) is 0 Å². The van der Waals surface area contributed by atoms with Gasteiger partial charge in [-0.3, -0.25) is 4.79 Å². The van der Waals surface area contributed by atoms with Crippen molar-refractivity contribution in [3.8, 4) is 0 Å². The fourth-order valence-corrected chi connectivity index (χ4v) is 0.171. The first kappa shape index (κ1) is 14.4. The summed E-state index contributed by atoms with van der Waals surface area (Å²) in [5, 5.41) is 16.5. The average molecular weight is 193 g/mol. The van der Waals surface area contributed by atoms with Crippen LogP contribution in [0, 0.1) is 0 Å². The zero-order valence-electron chi connectivity index (χ0n) is 7.85. The molecule has 6 nitrogen and oxygen atoms in total. The Hall–Kier alpha value is -1.14. The van der Waals surface area contributed by atoms with E-state index in [-0.39, 0.29) is 0 Å². The van der Waals surface area contributed by atoms with E-state index in [1.54, 1.807) is 0 Å². The summed E-state index contributed by atoms with van der Waals surface area (Å²) in [6.45, 7) is 2.67. The number of carbonyl (C=O) groups is 2. The van der Waals surface area contributed by atoms with Gasteiger partial charge in [0, 0.05) is 0 Å². The van der Waals surface area contributed by atoms with Crippen LogP contribution in [0.2, 0.25) is 0 Å². The summed E-state index contributed by atoms with van der Waals surface area (Å²) >= 11 is 0. The van der Waals surface area contributed by atoms with Gasteiger partial charge >= 0.3 is 5.97 Å². The van der Waals surface area contributed by atoms with Gasteiger partial charge in [-0.2, -0.15) is 0 Å². The highest BCUT2D eigenvalue weighted by atomic mass is 16.5. The molecule has 0 saturated heterocycles.